The molecular weight excluding hydrogens is 436 g/mol. The Morgan fingerprint density at radius 2 is 1.88 bits per heavy atom. The minimum absolute atomic E-state index is 0.0834. The molecule has 3 aliphatic rings. The zero-order chi connectivity index (χ0) is 24.1. The first-order valence-electron chi connectivity index (χ1n) is 12.0. The second kappa shape index (κ2) is 8.32. The van der Waals surface area contributed by atoms with Gasteiger partial charge >= 0.3 is 11.9 Å². The monoisotopic (exact) mass is 466 g/mol. The Kier molecular flexibility index (Phi) is 5.57. The summed E-state index contributed by atoms with van der Waals surface area (Å²) in [6.45, 7) is 5.45. The summed E-state index contributed by atoms with van der Waals surface area (Å²) >= 11 is 0. The van der Waals surface area contributed by atoms with Crippen molar-refractivity contribution < 1.29 is 28.4 Å². The topological polar surface area (TPSA) is 109 Å². The number of cyclic esters (lactones) is 1. The van der Waals surface area contributed by atoms with E-state index in [4.69, 9.17) is 14.0 Å². The van der Waals surface area contributed by atoms with Crippen molar-refractivity contribution in [3.05, 3.63) is 47.6 Å². The van der Waals surface area contributed by atoms with Gasteiger partial charge in [0.15, 0.2) is 23.8 Å². The van der Waals surface area contributed by atoms with Gasteiger partial charge < -0.3 is 14.0 Å². The predicted octanol–water partition coefficient (Wildman–Crippen LogP) is 3.98. The number of hydrogen-bond donors (Lipinski definition) is 0. The Labute approximate surface area is 198 Å². The van der Waals surface area contributed by atoms with Crippen LogP contribution in [0.5, 0.6) is 0 Å². The standard InChI is InChI=1S/C26H30N2O6/c1-15(29)32-18-10-12-25(2)11-9-17-24(31)33-19(14-26(17,3)22(25)21(18)30)23-27-20(28-34-23)13-16-7-5-4-6-8-16/h4-8,17-19,22H,9-14H2,1-3H3/t17-,18-,19-,22-,25-,26-/m0/s1. The number of aromatic nitrogens is 2. The van der Waals surface area contributed by atoms with E-state index in [1.54, 1.807) is 0 Å². The molecule has 2 aromatic rings. The highest BCUT2D eigenvalue weighted by Gasteiger charge is 2.64. The molecule has 1 aromatic carbocycles. The molecule has 0 bridgehead atoms. The molecule has 3 fully saturated rings. The highest BCUT2D eigenvalue weighted by atomic mass is 16.6. The number of benzene rings is 1. The molecule has 2 saturated carbocycles. The molecule has 1 aliphatic heterocycles. The van der Waals surface area contributed by atoms with E-state index in [9.17, 15) is 14.4 Å². The first-order valence-corrected chi connectivity index (χ1v) is 12.0. The van der Waals surface area contributed by atoms with Crippen LogP contribution in [-0.2, 0) is 30.3 Å². The Morgan fingerprint density at radius 3 is 2.62 bits per heavy atom. The highest BCUT2D eigenvalue weighted by Crippen LogP contribution is 2.63. The number of fused-ring (bicyclic) bond motifs is 3. The van der Waals surface area contributed by atoms with Crippen molar-refractivity contribution in [3.63, 3.8) is 0 Å². The number of nitrogens with zero attached hydrogens (tertiary/aromatic N) is 2. The van der Waals surface area contributed by atoms with E-state index in [2.05, 4.69) is 17.1 Å². The fraction of sp³-hybridized carbons (Fsp3) is 0.577. The lowest BCUT2D eigenvalue weighted by Crippen LogP contribution is -2.61. The summed E-state index contributed by atoms with van der Waals surface area (Å²) < 4.78 is 16.7. The van der Waals surface area contributed by atoms with Gasteiger partial charge in [0.05, 0.1) is 5.92 Å². The Balaban J connectivity index is 1.43. The fourth-order valence-corrected chi connectivity index (χ4v) is 6.69. The summed E-state index contributed by atoms with van der Waals surface area (Å²) in [7, 11) is 0. The van der Waals surface area contributed by atoms with Gasteiger partial charge in [-0.2, -0.15) is 4.98 Å². The third-order valence-corrected chi connectivity index (χ3v) is 8.18. The largest absolute Gasteiger partial charge is 0.455 e. The molecular formula is C26H30N2O6. The molecule has 2 aliphatic carbocycles. The van der Waals surface area contributed by atoms with E-state index in [1.165, 1.54) is 6.92 Å². The average Bonchev–Trinajstić information content (AvgIpc) is 3.24. The zero-order valence-corrected chi connectivity index (χ0v) is 19.8. The summed E-state index contributed by atoms with van der Waals surface area (Å²) in [4.78, 5) is 42.9. The summed E-state index contributed by atoms with van der Waals surface area (Å²) in [5.74, 6) is -0.914. The maximum Gasteiger partial charge on any atom is 0.310 e. The first-order chi connectivity index (χ1) is 16.2. The smallest absolute Gasteiger partial charge is 0.310 e. The van der Waals surface area contributed by atoms with Crippen LogP contribution in [-0.4, -0.2) is 34.0 Å². The molecule has 0 N–H and O–H groups in total. The molecule has 0 radical (unpaired) electrons. The van der Waals surface area contributed by atoms with Gasteiger partial charge in [-0.15, -0.1) is 0 Å². The first kappa shape index (κ1) is 22.7. The Hall–Kier alpha value is -3.03. The van der Waals surface area contributed by atoms with E-state index >= 15 is 0 Å². The Bertz CT molecular complexity index is 1110. The SMILES string of the molecule is CC(=O)O[C@H]1CC[C@]2(C)CC[C@H]3C(=O)O[C@H](c4nc(Cc5ccccc5)no4)C[C@]3(C)[C@H]2C1=O. The maximum atomic E-state index is 13.6. The summed E-state index contributed by atoms with van der Waals surface area (Å²) in [5.41, 5.74) is 0.140. The van der Waals surface area contributed by atoms with Crippen LogP contribution in [0.2, 0.25) is 0 Å². The molecule has 1 aromatic heterocycles. The van der Waals surface area contributed by atoms with E-state index in [0.29, 0.717) is 31.5 Å². The second-order valence-corrected chi connectivity index (χ2v) is 10.6. The molecule has 1 saturated heterocycles. The van der Waals surface area contributed by atoms with Crippen LogP contribution < -0.4 is 0 Å². The van der Waals surface area contributed by atoms with Gasteiger partial charge in [-0.1, -0.05) is 49.3 Å². The van der Waals surface area contributed by atoms with Crippen LogP contribution in [0.25, 0.3) is 0 Å². The van der Waals surface area contributed by atoms with Crippen molar-refractivity contribution in [2.75, 3.05) is 0 Å². The highest BCUT2D eigenvalue weighted by molar-refractivity contribution is 5.90. The predicted molar refractivity (Wildman–Crippen MR) is 119 cm³/mol. The molecule has 2 heterocycles. The fourth-order valence-electron chi connectivity index (χ4n) is 6.69. The van der Waals surface area contributed by atoms with Gasteiger partial charge in [-0.3, -0.25) is 14.4 Å². The van der Waals surface area contributed by atoms with Crippen LogP contribution in [0.3, 0.4) is 0 Å². The van der Waals surface area contributed by atoms with Crippen molar-refractivity contribution in [2.24, 2.45) is 22.7 Å². The van der Waals surface area contributed by atoms with Crippen LogP contribution in [0.15, 0.2) is 34.9 Å². The van der Waals surface area contributed by atoms with Crippen molar-refractivity contribution in [1.82, 2.24) is 10.1 Å². The molecule has 0 unspecified atom stereocenters. The molecule has 180 valence electrons. The number of ketones is 1. The van der Waals surface area contributed by atoms with E-state index in [-0.39, 0.29) is 23.1 Å². The lowest BCUT2D eigenvalue weighted by Gasteiger charge is -2.59. The van der Waals surface area contributed by atoms with Crippen molar-refractivity contribution in [2.45, 2.75) is 71.5 Å². The van der Waals surface area contributed by atoms with Crippen LogP contribution in [0, 0.1) is 22.7 Å². The summed E-state index contributed by atoms with van der Waals surface area (Å²) in [6, 6.07) is 9.81. The second-order valence-electron chi connectivity index (χ2n) is 10.6. The number of Topliss-reactive ketones (excluding diaryl/α,β-unsaturated/α-hetero) is 1. The third kappa shape index (κ3) is 3.83. The molecule has 0 spiro atoms. The van der Waals surface area contributed by atoms with Gasteiger partial charge in [0.25, 0.3) is 5.89 Å². The Morgan fingerprint density at radius 1 is 1.15 bits per heavy atom. The van der Waals surface area contributed by atoms with Crippen LogP contribution in [0.1, 0.15) is 76.3 Å². The van der Waals surface area contributed by atoms with Crippen molar-refractivity contribution in [1.29, 1.82) is 0 Å². The molecule has 34 heavy (non-hydrogen) atoms. The van der Waals surface area contributed by atoms with Gasteiger partial charge in [-0.25, -0.2) is 0 Å². The molecule has 8 heteroatoms. The quantitative estimate of drug-likeness (QED) is 0.623. The maximum absolute atomic E-state index is 13.6. The van der Waals surface area contributed by atoms with E-state index < -0.39 is 35.4 Å². The number of hydrogen-bond acceptors (Lipinski definition) is 8. The summed E-state index contributed by atoms with van der Waals surface area (Å²) in [6.07, 6.45) is 2.17. The molecule has 0 amide bonds. The van der Waals surface area contributed by atoms with Gasteiger partial charge in [0, 0.05) is 25.7 Å². The number of esters is 2. The average molecular weight is 467 g/mol. The van der Waals surface area contributed by atoms with Gasteiger partial charge in [-0.05, 0) is 42.1 Å². The van der Waals surface area contributed by atoms with Crippen LogP contribution in [0.4, 0.5) is 0 Å². The summed E-state index contributed by atoms with van der Waals surface area (Å²) in [5, 5.41) is 4.09. The number of carbonyl (C=O) groups excluding carboxylic acids is 3. The van der Waals surface area contributed by atoms with E-state index in [1.807, 2.05) is 37.3 Å². The minimum Gasteiger partial charge on any atom is -0.455 e. The molecule has 8 nitrogen and oxygen atoms in total. The van der Waals surface area contributed by atoms with Gasteiger partial charge in [0.2, 0.25) is 0 Å². The lowest BCUT2D eigenvalue weighted by molar-refractivity contribution is -0.203. The van der Waals surface area contributed by atoms with Crippen LogP contribution >= 0.6 is 0 Å². The number of carbonyl (C=O) groups is 3. The zero-order valence-electron chi connectivity index (χ0n) is 19.8. The number of ether oxygens (including phenoxy) is 2. The molecule has 5 rings (SSSR count). The van der Waals surface area contributed by atoms with Crippen molar-refractivity contribution in [3.8, 4) is 0 Å². The number of rotatable bonds is 4. The molecule has 6 atom stereocenters. The van der Waals surface area contributed by atoms with Crippen molar-refractivity contribution >= 4 is 17.7 Å². The third-order valence-electron chi connectivity index (χ3n) is 8.18. The minimum atomic E-state index is -0.761. The normalized spacial score (nSPS) is 35.1. The lowest BCUT2D eigenvalue weighted by atomic mass is 9.45. The van der Waals surface area contributed by atoms with E-state index in [0.717, 1.165) is 18.4 Å². The van der Waals surface area contributed by atoms with Gasteiger partial charge in [0.1, 0.15) is 0 Å².